The summed E-state index contributed by atoms with van der Waals surface area (Å²) in [6.07, 6.45) is 4.35. The Kier molecular flexibility index (Phi) is 5.37. The molecule has 0 saturated heterocycles. The van der Waals surface area contributed by atoms with Crippen LogP contribution >= 0.6 is 0 Å². The molecule has 16 heavy (non-hydrogen) atoms. The minimum atomic E-state index is -0.981. The second-order valence-electron chi connectivity index (χ2n) is 4.25. The van der Waals surface area contributed by atoms with Crippen LogP contribution in [0.3, 0.4) is 0 Å². The molecule has 0 heterocycles. The Labute approximate surface area is 95.4 Å². The minimum Gasteiger partial charge on any atom is -0.481 e. The van der Waals surface area contributed by atoms with Gasteiger partial charge in [-0.2, -0.15) is 0 Å². The summed E-state index contributed by atoms with van der Waals surface area (Å²) in [6.45, 7) is 5.29. The Morgan fingerprint density at radius 3 is 2.38 bits per heavy atom. The summed E-state index contributed by atoms with van der Waals surface area (Å²) in [5.74, 6) is 1.31. The molecule has 0 aliphatic heterocycles. The molecule has 0 aromatic carbocycles. The van der Waals surface area contributed by atoms with E-state index in [1.54, 1.807) is 20.8 Å². The van der Waals surface area contributed by atoms with Crippen molar-refractivity contribution in [1.82, 2.24) is 4.90 Å². The molecule has 90 valence electrons. The first-order valence-electron chi connectivity index (χ1n) is 4.89. The summed E-state index contributed by atoms with van der Waals surface area (Å²) >= 11 is 0. The van der Waals surface area contributed by atoms with E-state index < -0.39 is 17.7 Å². The van der Waals surface area contributed by atoms with Crippen molar-refractivity contribution in [1.29, 1.82) is 0 Å². The van der Waals surface area contributed by atoms with E-state index in [-0.39, 0.29) is 19.5 Å². The van der Waals surface area contributed by atoms with Gasteiger partial charge in [0.2, 0.25) is 0 Å². The number of carboxylic acid groups (broad SMARTS) is 1. The Morgan fingerprint density at radius 2 is 2.00 bits per heavy atom. The van der Waals surface area contributed by atoms with Gasteiger partial charge in [0.25, 0.3) is 0 Å². The Hall–Kier alpha value is -1.70. The third-order valence-corrected chi connectivity index (χ3v) is 1.53. The monoisotopic (exact) mass is 227 g/mol. The van der Waals surface area contributed by atoms with Crippen molar-refractivity contribution in [2.24, 2.45) is 0 Å². The first-order valence-corrected chi connectivity index (χ1v) is 4.89. The van der Waals surface area contributed by atoms with Crippen molar-refractivity contribution in [2.45, 2.75) is 32.8 Å². The molecule has 0 radical (unpaired) electrons. The van der Waals surface area contributed by atoms with Crippen LogP contribution in [-0.2, 0) is 9.53 Å². The predicted octanol–water partition coefficient (Wildman–Crippen LogP) is 1.33. The predicted molar refractivity (Wildman–Crippen MR) is 58.9 cm³/mol. The number of carbonyl (C=O) groups excluding carboxylic acids is 1. The molecule has 0 fully saturated rings. The first-order chi connectivity index (χ1) is 7.26. The number of rotatable bonds is 4. The zero-order valence-corrected chi connectivity index (χ0v) is 9.82. The van der Waals surface area contributed by atoms with Gasteiger partial charge in [-0.25, -0.2) is 4.79 Å². The maximum atomic E-state index is 11.6. The highest BCUT2D eigenvalue weighted by Gasteiger charge is 2.21. The van der Waals surface area contributed by atoms with Crippen LogP contribution < -0.4 is 0 Å². The number of terminal acetylenes is 1. The van der Waals surface area contributed by atoms with E-state index in [1.807, 2.05) is 0 Å². The summed E-state index contributed by atoms with van der Waals surface area (Å²) in [6, 6.07) is 0. The fraction of sp³-hybridized carbons (Fsp3) is 0.636. The standard InChI is InChI=1S/C11H17NO4/c1-5-7-12(8-6-9(13)14)10(15)16-11(2,3)4/h1H,6-8H2,2-4H3,(H,13,14). The van der Waals surface area contributed by atoms with Gasteiger partial charge in [0, 0.05) is 6.54 Å². The molecule has 0 saturated carbocycles. The Balaban J connectivity index is 4.36. The highest BCUT2D eigenvalue weighted by molar-refractivity contribution is 5.71. The van der Waals surface area contributed by atoms with Crippen LogP contribution in [0.5, 0.6) is 0 Å². The van der Waals surface area contributed by atoms with E-state index in [1.165, 1.54) is 4.90 Å². The highest BCUT2D eigenvalue weighted by atomic mass is 16.6. The van der Waals surface area contributed by atoms with Crippen LogP contribution in [0.15, 0.2) is 0 Å². The number of amides is 1. The lowest BCUT2D eigenvalue weighted by atomic mass is 10.2. The molecule has 1 amide bonds. The van der Waals surface area contributed by atoms with Crippen LogP contribution in [0.25, 0.3) is 0 Å². The van der Waals surface area contributed by atoms with Gasteiger partial charge in [-0.15, -0.1) is 6.42 Å². The van der Waals surface area contributed by atoms with Gasteiger partial charge in [0.15, 0.2) is 0 Å². The summed E-state index contributed by atoms with van der Waals surface area (Å²) in [7, 11) is 0. The van der Waals surface area contributed by atoms with Crippen molar-refractivity contribution in [2.75, 3.05) is 13.1 Å². The summed E-state index contributed by atoms with van der Waals surface area (Å²) in [5, 5.41) is 8.51. The zero-order chi connectivity index (χ0) is 12.8. The molecule has 5 heteroatoms. The normalized spacial score (nSPS) is 10.4. The molecule has 0 aromatic heterocycles. The third-order valence-electron chi connectivity index (χ3n) is 1.53. The van der Waals surface area contributed by atoms with Gasteiger partial charge in [-0.05, 0) is 20.8 Å². The smallest absolute Gasteiger partial charge is 0.411 e. The fourth-order valence-electron chi connectivity index (χ4n) is 0.902. The zero-order valence-electron chi connectivity index (χ0n) is 9.82. The Bertz CT molecular complexity index is 298. The average Bonchev–Trinajstić information content (AvgIpc) is 2.08. The number of nitrogens with zero attached hydrogens (tertiary/aromatic N) is 1. The van der Waals surface area contributed by atoms with Gasteiger partial charge in [0.1, 0.15) is 5.60 Å². The van der Waals surface area contributed by atoms with Crippen molar-refractivity contribution in [3.63, 3.8) is 0 Å². The highest BCUT2D eigenvalue weighted by Crippen LogP contribution is 2.09. The molecular formula is C11H17NO4. The molecule has 0 unspecified atom stereocenters. The number of ether oxygens (including phenoxy) is 1. The van der Waals surface area contributed by atoms with Gasteiger partial charge < -0.3 is 9.84 Å². The largest absolute Gasteiger partial charge is 0.481 e. The summed E-state index contributed by atoms with van der Waals surface area (Å²) < 4.78 is 5.08. The SMILES string of the molecule is C#CCN(CCC(=O)O)C(=O)OC(C)(C)C. The fourth-order valence-corrected chi connectivity index (χ4v) is 0.902. The summed E-state index contributed by atoms with van der Waals surface area (Å²) in [4.78, 5) is 23.2. The van der Waals surface area contributed by atoms with E-state index in [0.717, 1.165) is 0 Å². The topological polar surface area (TPSA) is 66.8 Å². The lowest BCUT2D eigenvalue weighted by Gasteiger charge is -2.25. The lowest BCUT2D eigenvalue weighted by Crippen LogP contribution is -2.38. The van der Waals surface area contributed by atoms with Crippen molar-refractivity contribution < 1.29 is 19.4 Å². The van der Waals surface area contributed by atoms with Gasteiger partial charge in [-0.3, -0.25) is 9.69 Å². The van der Waals surface area contributed by atoms with Crippen molar-refractivity contribution >= 4 is 12.1 Å². The maximum Gasteiger partial charge on any atom is 0.411 e. The number of aliphatic carboxylic acids is 1. The van der Waals surface area contributed by atoms with E-state index in [2.05, 4.69) is 5.92 Å². The molecule has 0 rings (SSSR count). The second-order valence-corrected chi connectivity index (χ2v) is 4.25. The van der Waals surface area contributed by atoms with E-state index in [9.17, 15) is 9.59 Å². The average molecular weight is 227 g/mol. The molecule has 0 atom stereocenters. The molecule has 0 aliphatic carbocycles. The number of carboxylic acids is 1. The van der Waals surface area contributed by atoms with Crippen molar-refractivity contribution in [3.05, 3.63) is 0 Å². The maximum absolute atomic E-state index is 11.6. The lowest BCUT2D eigenvalue weighted by molar-refractivity contribution is -0.137. The molecule has 5 nitrogen and oxygen atoms in total. The van der Waals surface area contributed by atoms with Gasteiger partial charge in [0.05, 0.1) is 13.0 Å². The first kappa shape index (κ1) is 14.3. The van der Waals surface area contributed by atoms with Crippen LogP contribution in [0, 0.1) is 12.3 Å². The molecule has 0 spiro atoms. The van der Waals surface area contributed by atoms with Crippen LogP contribution in [-0.4, -0.2) is 40.8 Å². The molecule has 0 aliphatic rings. The van der Waals surface area contributed by atoms with Crippen LogP contribution in [0.2, 0.25) is 0 Å². The number of hydrogen-bond donors (Lipinski definition) is 1. The van der Waals surface area contributed by atoms with Gasteiger partial charge in [-0.1, -0.05) is 5.92 Å². The van der Waals surface area contributed by atoms with E-state index in [0.29, 0.717) is 0 Å². The summed E-state index contributed by atoms with van der Waals surface area (Å²) in [5.41, 5.74) is -0.618. The number of carbonyl (C=O) groups is 2. The van der Waals surface area contributed by atoms with E-state index >= 15 is 0 Å². The molecule has 1 N–H and O–H groups in total. The van der Waals surface area contributed by atoms with Crippen molar-refractivity contribution in [3.8, 4) is 12.3 Å². The Morgan fingerprint density at radius 1 is 1.44 bits per heavy atom. The minimum absolute atomic E-state index is 0.0438. The van der Waals surface area contributed by atoms with Crippen LogP contribution in [0.1, 0.15) is 27.2 Å². The quantitative estimate of drug-likeness (QED) is 0.736. The molecule has 0 aromatic rings. The molecule has 0 bridgehead atoms. The third kappa shape index (κ3) is 6.71. The molecular weight excluding hydrogens is 210 g/mol. The van der Waals surface area contributed by atoms with Crippen LogP contribution in [0.4, 0.5) is 4.79 Å². The van der Waals surface area contributed by atoms with Gasteiger partial charge >= 0.3 is 12.1 Å². The second kappa shape index (κ2) is 6.01. The van der Waals surface area contributed by atoms with E-state index in [4.69, 9.17) is 16.3 Å². The number of hydrogen-bond acceptors (Lipinski definition) is 3.